The molecule has 0 rings (SSSR count). The Balaban J connectivity index is 3.92. The first-order valence-corrected chi connectivity index (χ1v) is 5.26. The molecule has 84 valence electrons. The average molecular weight is 208 g/mol. The van der Waals surface area contributed by atoms with Crippen molar-refractivity contribution in [2.24, 2.45) is 11.8 Å². The maximum Gasteiger partial charge on any atom is 0.306 e. The first-order valence-electron chi connectivity index (χ1n) is 5.26. The third-order valence-corrected chi connectivity index (χ3v) is 2.11. The maximum atomic E-state index is 10.6. The normalized spacial score (nSPS) is 16.5. The smallest absolute Gasteiger partial charge is 0.306 e. The zero-order chi connectivity index (χ0) is 11.7. The van der Waals surface area contributed by atoms with Gasteiger partial charge in [0.25, 0.3) is 0 Å². The summed E-state index contributed by atoms with van der Waals surface area (Å²) in [6.07, 6.45) is 12.5. The van der Waals surface area contributed by atoms with Crippen molar-refractivity contribution in [1.82, 2.24) is 0 Å². The van der Waals surface area contributed by atoms with Crippen LogP contribution in [0.3, 0.4) is 0 Å². The molecule has 2 atom stereocenters. The van der Waals surface area contributed by atoms with E-state index in [1.807, 2.05) is 50.3 Å². The predicted molar refractivity (Wildman–Crippen MR) is 63.7 cm³/mol. The molecule has 0 radical (unpaired) electrons. The van der Waals surface area contributed by atoms with Gasteiger partial charge in [-0.2, -0.15) is 0 Å². The number of rotatable bonds is 6. The Morgan fingerprint density at radius 1 is 1.20 bits per heavy atom. The van der Waals surface area contributed by atoms with Gasteiger partial charge >= 0.3 is 5.97 Å². The van der Waals surface area contributed by atoms with Crippen LogP contribution < -0.4 is 0 Å². The SMILES string of the molecule is C\C=C/C=C/C=C/C(C)CC(C)C(=O)O. The van der Waals surface area contributed by atoms with Crippen molar-refractivity contribution >= 4 is 5.97 Å². The molecule has 0 heterocycles. The van der Waals surface area contributed by atoms with Crippen molar-refractivity contribution in [2.45, 2.75) is 27.2 Å². The molecule has 0 aliphatic rings. The van der Waals surface area contributed by atoms with Gasteiger partial charge in [-0.15, -0.1) is 0 Å². The number of carbonyl (C=O) groups is 1. The second kappa shape index (κ2) is 8.04. The van der Waals surface area contributed by atoms with E-state index in [0.717, 1.165) is 0 Å². The molecular formula is C13H20O2. The lowest BCUT2D eigenvalue weighted by Crippen LogP contribution is -2.12. The zero-order valence-corrected chi connectivity index (χ0v) is 9.68. The summed E-state index contributed by atoms with van der Waals surface area (Å²) in [5.41, 5.74) is 0. The molecule has 0 fully saturated rings. The number of aliphatic carboxylic acids is 1. The topological polar surface area (TPSA) is 37.3 Å². The van der Waals surface area contributed by atoms with Gasteiger partial charge in [0.1, 0.15) is 0 Å². The fourth-order valence-electron chi connectivity index (χ4n) is 1.23. The van der Waals surface area contributed by atoms with Crippen LogP contribution in [0.2, 0.25) is 0 Å². The van der Waals surface area contributed by atoms with Gasteiger partial charge in [0.15, 0.2) is 0 Å². The Labute approximate surface area is 92.0 Å². The van der Waals surface area contributed by atoms with E-state index in [1.165, 1.54) is 0 Å². The molecule has 2 nitrogen and oxygen atoms in total. The highest BCUT2D eigenvalue weighted by Gasteiger charge is 2.12. The van der Waals surface area contributed by atoms with Crippen LogP contribution in [0.1, 0.15) is 27.2 Å². The van der Waals surface area contributed by atoms with Crippen LogP contribution in [0.4, 0.5) is 0 Å². The van der Waals surface area contributed by atoms with E-state index in [-0.39, 0.29) is 5.92 Å². The van der Waals surface area contributed by atoms with Crippen LogP contribution in [0.25, 0.3) is 0 Å². The van der Waals surface area contributed by atoms with Crippen LogP contribution in [0.5, 0.6) is 0 Å². The van der Waals surface area contributed by atoms with E-state index in [1.54, 1.807) is 6.92 Å². The Morgan fingerprint density at radius 2 is 1.80 bits per heavy atom. The van der Waals surface area contributed by atoms with Crippen molar-refractivity contribution in [3.8, 4) is 0 Å². The number of hydrogen-bond donors (Lipinski definition) is 1. The molecule has 0 amide bonds. The van der Waals surface area contributed by atoms with Gasteiger partial charge in [-0.1, -0.05) is 50.3 Å². The van der Waals surface area contributed by atoms with Crippen LogP contribution >= 0.6 is 0 Å². The summed E-state index contributed by atoms with van der Waals surface area (Å²) in [6, 6.07) is 0. The molecule has 0 aromatic rings. The van der Waals surface area contributed by atoms with Crippen molar-refractivity contribution in [3.05, 3.63) is 36.5 Å². The second-order valence-electron chi connectivity index (χ2n) is 3.75. The third-order valence-electron chi connectivity index (χ3n) is 2.11. The standard InChI is InChI=1S/C13H20O2/c1-4-5-6-7-8-9-11(2)10-12(3)13(14)15/h4-9,11-12H,10H2,1-3H3,(H,14,15)/b5-4-,7-6+,9-8+. The molecule has 0 aliphatic carbocycles. The predicted octanol–water partition coefficient (Wildman–Crippen LogP) is 3.42. The number of carboxylic acids is 1. The molecule has 0 aromatic carbocycles. The minimum atomic E-state index is -0.722. The average Bonchev–Trinajstić information content (AvgIpc) is 2.17. The molecule has 2 heteroatoms. The largest absolute Gasteiger partial charge is 0.481 e. The van der Waals surface area contributed by atoms with Crippen LogP contribution in [-0.4, -0.2) is 11.1 Å². The minimum Gasteiger partial charge on any atom is -0.481 e. The Kier molecular flexibility index (Phi) is 7.33. The Morgan fingerprint density at radius 3 is 2.33 bits per heavy atom. The molecule has 0 bridgehead atoms. The molecule has 0 aliphatic heterocycles. The number of hydrogen-bond acceptors (Lipinski definition) is 1. The summed E-state index contributed by atoms with van der Waals surface area (Å²) in [5, 5.41) is 8.73. The van der Waals surface area contributed by atoms with Gasteiger partial charge < -0.3 is 5.11 Å². The number of carboxylic acid groups (broad SMARTS) is 1. The lowest BCUT2D eigenvalue weighted by Gasteiger charge is -2.09. The quantitative estimate of drug-likeness (QED) is 0.679. The summed E-state index contributed by atoms with van der Waals surface area (Å²) in [4.78, 5) is 10.6. The highest BCUT2D eigenvalue weighted by Crippen LogP contribution is 2.12. The Hall–Kier alpha value is -1.31. The lowest BCUT2D eigenvalue weighted by atomic mass is 9.97. The van der Waals surface area contributed by atoms with E-state index in [4.69, 9.17) is 5.11 Å². The highest BCUT2D eigenvalue weighted by molar-refractivity contribution is 5.69. The molecule has 0 saturated heterocycles. The maximum absolute atomic E-state index is 10.6. The summed E-state index contributed by atoms with van der Waals surface area (Å²) in [5.74, 6) is -0.699. The van der Waals surface area contributed by atoms with Crippen molar-refractivity contribution in [1.29, 1.82) is 0 Å². The summed E-state index contributed by atoms with van der Waals surface area (Å²) in [7, 11) is 0. The van der Waals surface area contributed by atoms with E-state index in [2.05, 4.69) is 0 Å². The molecular weight excluding hydrogens is 188 g/mol. The molecule has 0 saturated carbocycles. The number of allylic oxidation sites excluding steroid dienone is 6. The molecule has 15 heavy (non-hydrogen) atoms. The monoisotopic (exact) mass is 208 g/mol. The lowest BCUT2D eigenvalue weighted by molar-refractivity contribution is -0.141. The van der Waals surface area contributed by atoms with Gasteiger partial charge in [-0.05, 0) is 19.3 Å². The van der Waals surface area contributed by atoms with Crippen molar-refractivity contribution < 1.29 is 9.90 Å². The fourth-order valence-corrected chi connectivity index (χ4v) is 1.23. The minimum absolute atomic E-state index is 0.274. The molecule has 1 N–H and O–H groups in total. The van der Waals surface area contributed by atoms with Gasteiger partial charge in [0, 0.05) is 0 Å². The van der Waals surface area contributed by atoms with E-state index >= 15 is 0 Å². The van der Waals surface area contributed by atoms with E-state index < -0.39 is 5.97 Å². The van der Waals surface area contributed by atoms with Gasteiger partial charge in [0.2, 0.25) is 0 Å². The first-order chi connectivity index (χ1) is 7.07. The van der Waals surface area contributed by atoms with E-state index in [0.29, 0.717) is 12.3 Å². The fraction of sp³-hybridized carbons (Fsp3) is 0.462. The second-order valence-corrected chi connectivity index (χ2v) is 3.75. The Bertz CT molecular complexity index is 262. The van der Waals surface area contributed by atoms with Crippen LogP contribution in [0, 0.1) is 11.8 Å². The van der Waals surface area contributed by atoms with Crippen molar-refractivity contribution in [3.63, 3.8) is 0 Å². The van der Waals surface area contributed by atoms with Gasteiger partial charge in [-0.25, -0.2) is 0 Å². The zero-order valence-electron chi connectivity index (χ0n) is 9.68. The van der Waals surface area contributed by atoms with Crippen molar-refractivity contribution in [2.75, 3.05) is 0 Å². The molecule has 0 aromatic heterocycles. The molecule has 2 unspecified atom stereocenters. The summed E-state index contributed by atoms with van der Waals surface area (Å²) in [6.45, 7) is 5.73. The van der Waals surface area contributed by atoms with E-state index in [9.17, 15) is 4.79 Å². The van der Waals surface area contributed by atoms with Crippen LogP contribution in [-0.2, 0) is 4.79 Å². The first kappa shape index (κ1) is 13.7. The van der Waals surface area contributed by atoms with Gasteiger partial charge in [0.05, 0.1) is 5.92 Å². The third kappa shape index (κ3) is 7.74. The highest BCUT2D eigenvalue weighted by atomic mass is 16.4. The summed E-state index contributed by atoms with van der Waals surface area (Å²) >= 11 is 0. The summed E-state index contributed by atoms with van der Waals surface area (Å²) < 4.78 is 0. The van der Waals surface area contributed by atoms with Gasteiger partial charge in [-0.3, -0.25) is 4.79 Å². The van der Waals surface area contributed by atoms with Crippen LogP contribution in [0.15, 0.2) is 36.5 Å². The molecule has 0 spiro atoms.